The zero-order chi connectivity index (χ0) is 34.7. The van der Waals surface area contributed by atoms with Crippen molar-refractivity contribution in [3.05, 3.63) is 41.7 Å². The van der Waals surface area contributed by atoms with E-state index in [1.165, 1.54) is 10.5 Å². The number of urea groups is 1. The number of amides is 4. The normalized spacial score (nSPS) is 19.3. The number of benzene rings is 1. The van der Waals surface area contributed by atoms with Gasteiger partial charge in [0.2, 0.25) is 11.9 Å². The average molecular weight is 704 g/mol. The molecule has 0 aliphatic carbocycles. The number of nitrogens with one attached hydrogen (secondary N) is 2. The molecular formula is C32H40F3N9O4S. The first kappa shape index (κ1) is 34.7. The van der Waals surface area contributed by atoms with Crippen LogP contribution in [-0.4, -0.2) is 102 Å². The molecule has 0 radical (unpaired) electrons. The quantitative estimate of drug-likeness (QED) is 0.313. The number of alkyl halides is 3. The second kappa shape index (κ2) is 14.8. The number of unbranched alkanes of at least 4 members (excludes halogenated alkanes) is 1. The summed E-state index contributed by atoms with van der Waals surface area (Å²) in [6.45, 7) is 3.89. The molecule has 0 spiro atoms. The van der Waals surface area contributed by atoms with Crippen molar-refractivity contribution in [2.24, 2.45) is 7.05 Å². The Labute approximate surface area is 284 Å². The van der Waals surface area contributed by atoms with Crippen LogP contribution < -0.4 is 15.5 Å². The number of anilines is 2. The number of fused-ring (bicyclic) bond motifs is 1. The van der Waals surface area contributed by atoms with E-state index in [9.17, 15) is 31.8 Å². The summed E-state index contributed by atoms with van der Waals surface area (Å²) in [7, 11) is 0.251. The molecule has 4 amide bonds. The highest BCUT2D eigenvalue weighted by Crippen LogP contribution is 2.34. The van der Waals surface area contributed by atoms with E-state index in [0.717, 1.165) is 62.2 Å². The summed E-state index contributed by atoms with van der Waals surface area (Å²) in [5.74, 6) is 1.10. The van der Waals surface area contributed by atoms with Crippen molar-refractivity contribution in [2.75, 3.05) is 55.2 Å². The monoisotopic (exact) mass is 703 g/mol. The molecule has 3 aliphatic rings. The lowest BCUT2D eigenvalue weighted by Crippen LogP contribution is -2.49. The number of nitrogens with zero attached hydrogens (tertiary/aromatic N) is 7. The Morgan fingerprint density at radius 2 is 1.73 bits per heavy atom. The van der Waals surface area contributed by atoms with Crippen LogP contribution in [0.3, 0.4) is 0 Å². The fourth-order valence-electron chi connectivity index (χ4n) is 6.70. The molecule has 2 N–H and O–H groups in total. The van der Waals surface area contributed by atoms with Crippen molar-refractivity contribution in [1.29, 1.82) is 0 Å². The average Bonchev–Trinajstić information content (AvgIpc) is 3.41. The number of aromatic nitrogens is 4. The van der Waals surface area contributed by atoms with E-state index < -0.39 is 28.6 Å². The van der Waals surface area contributed by atoms with Crippen molar-refractivity contribution in [3.63, 3.8) is 0 Å². The minimum absolute atomic E-state index is 0.0903. The summed E-state index contributed by atoms with van der Waals surface area (Å²) in [5.41, 5.74) is 1.27. The van der Waals surface area contributed by atoms with Gasteiger partial charge in [-0.3, -0.25) is 24.5 Å². The molecule has 49 heavy (non-hydrogen) atoms. The number of piperidine rings is 2. The maximum atomic E-state index is 12.8. The number of carbonyl (C=O) groups is 3. The molecule has 5 heterocycles. The molecule has 0 bridgehead atoms. The van der Waals surface area contributed by atoms with Crippen LogP contribution in [0.2, 0.25) is 0 Å². The Hall–Kier alpha value is -4.12. The number of aryl methyl sites for hydroxylation is 1. The maximum Gasteiger partial charge on any atom is 0.419 e. The van der Waals surface area contributed by atoms with Crippen LogP contribution in [-0.2, 0) is 28.8 Å². The third-order valence-electron chi connectivity index (χ3n) is 9.54. The molecule has 1 unspecified atom stereocenters. The molecule has 2 aromatic heterocycles. The van der Waals surface area contributed by atoms with Gasteiger partial charge in [-0.05, 0) is 81.8 Å². The molecule has 13 nitrogen and oxygen atoms in total. The predicted molar refractivity (Wildman–Crippen MR) is 178 cm³/mol. The summed E-state index contributed by atoms with van der Waals surface area (Å²) in [6, 6.07) is 5.74. The number of halogens is 3. The van der Waals surface area contributed by atoms with E-state index >= 15 is 0 Å². The summed E-state index contributed by atoms with van der Waals surface area (Å²) < 4.78 is 52.7. The summed E-state index contributed by atoms with van der Waals surface area (Å²) in [6.07, 6.45) is 1.89. The Morgan fingerprint density at radius 3 is 2.41 bits per heavy atom. The lowest BCUT2D eigenvalue weighted by Gasteiger charge is -2.32. The molecule has 264 valence electrons. The lowest BCUT2D eigenvalue weighted by molar-refractivity contribution is -0.138. The Bertz CT molecular complexity index is 1700. The molecule has 3 fully saturated rings. The fraction of sp³-hybridized carbons (Fsp3) is 0.562. The van der Waals surface area contributed by atoms with Crippen molar-refractivity contribution in [1.82, 2.24) is 34.9 Å². The van der Waals surface area contributed by atoms with Crippen LogP contribution in [0.1, 0.15) is 62.0 Å². The first-order valence-electron chi connectivity index (χ1n) is 16.6. The van der Waals surface area contributed by atoms with Gasteiger partial charge in [0.25, 0.3) is 0 Å². The van der Waals surface area contributed by atoms with Crippen LogP contribution >= 0.6 is 0 Å². The van der Waals surface area contributed by atoms with Crippen molar-refractivity contribution in [2.45, 2.75) is 63.1 Å². The summed E-state index contributed by atoms with van der Waals surface area (Å²) in [4.78, 5) is 49.8. The summed E-state index contributed by atoms with van der Waals surface area (Å²) >= 11 is 0. The third kappa shape index (κ3) is 8.20. The topological polar surface area (TPSA) is 146 Å². The molecule has 3 aromatic rings. The van der Waals surface area contributed by atoms with E-state index in [0.29, 0.717) is 56.4 Å². The standard InChI is InChI=1S/C32H40F3N9O4S/c1-41-26-18-22(4-5-25(26)28(40-41)44-16-10-27(45)39-30(44)46)21-6-12-42(13-7-21)11-2-3-17-49(48)31(47)43-14-8-24(9-15-43)38-29-36-19-23(20-37-29)32(33,34)35/h4-5,18-21,24H,2-3,6-17H2,1H3,(H,36,37,38)(H,39,45,46). The highest BCUT2D eigenvalue weighted by atomic mass is 32.2. The number of imide groups is 1. The van der Waals surface area contributed by atoms with E-state index in [1.807, 2.05) is 13.1 Å². The van der Waals surface area contributed by atoms with Crippen molar-refractivity contribution >= 4 is 50.6 Å². The second-order valence-corrected chi connectivity index (χ2v) is 14.3. The smallest absolute Gasteiger partial charge is 0.351 e. The van der Waals surface area contributed by atoms with E-state index in [4.69, 9.17) is 0 Å². The maximum absolute atomic E-state index is 12.8. The van der Waals surface area contributed by atoms with Crippen molar-refractivity contribution in [3.8, 4) is 0 Å². The van der Waals surface area contributed by atoms with Gasteiger partial charge in [-0.15, -0.1) is 0 Å². The number of hydrogen-bond donors (Lipinski definition) is 2. The molecule has 0 saturated carbocycles. The minimum Gasteiger partial charge on any atom is -0.351 e. The zero-order valence-electron chi connectivity index (χ0n) is 27.2. The van der Waals surface area contributed by atoms with E-state index in [2.05, 4.69) is 42.7 Å². The number of hydrogen-bond acceptors (Lipinski definition) is 9. The molecule has 17 heteroatoms. The lowest BCUT2D eigenvalue weighted by atomic mass is 9.89. The molecule has 1 atom stereocenters. The van der Waals surface area contributed by atoms with Gasteiger partial charge >= 0.3 is 17.4 Å². The first-order chi connectivity index (χ1) is 23.5. The van der Waals surface area contributed by atoms with Gasteiger partial charge in [-0.2, -0.15) is 18.3 Å². The van der Waals surface area contributed by atoms with Crippen LogP contribution in [0.15, 0.2) is 30.6 Å². The van der Waals surface area contributed by atoms with Gasteiger partial charge < -0.3 is 15.1 Å². The molecule has 6 rings (SSSR count). The first-order valence-corrected chi connectivity index (χ1v) is 17.9. The number of carbonyl (C=O) groups excluding carboxylic acids is 3. The fourth-order valence-corrected chi connectivity index (χ4v) is 7.81. The molecular weight excluding hydrogens is 663 g/mol. The summed E-state index contributed by atoms with van der Waals surface area (Å²) in [5, 5.41) is 10.5. The van der Waals surface area contributed by atoms with E-state index in [1.54, 1.807) is 9.58 Å². The third-order valence-corrected chi connectivity index (χ3v) is 10.8. The Morgan fingerprint density at radius 1 is 1.02 bits per heavy atom. The van der Waals surface area contributed by atoms with Gasteiger partial charge in [-0.1, -0.05) is 6.07 Å². The van der Waals surface area contributed by atoms with E-state index in [-0.39, 0.29) is 29.6 Å². The molecule has 3 saturated heterocycles. The van der Waals surface area contributed by atoms with Gasteiger partial charge in [-0.25, -0.2) is 19.0 Å². The number of rotatable bonds is 9. The van der Waals surface area contributed by atoms with Gasteiger partial charge in [0.05, 0.1) is 11.1 Å². The predicted octanol–water partition coefficient (Wildman–Crippen LogP) is 4.23. The Kier molecular flexibility index (Phi) is 10.5. The van der Waals surface area contributed by atoms with Crippen LogP contribution in [0.25, 0.3) is 10.9 Å². The van der Waals surface area contributed by atoms with Gasteiger partial charge in [0.1, 0.15) is 10.8 Å². The minimum atomic E-state index is -4.50. The molecule has 3 aliphatic heterocycles. The van der Waals surface area contributed by atoms with Crippen LogP contribution in [0, 0.1) is 0 Å². The van der Waals surface area contributed by atoms with Crippen LogP contribution in [0.5, 0.6) is 0 Å². The SMILES string of the molecule is Cn1nc(N2CCC(=O)NC2=O)c2ccc(C3CCN(CCCCS(=O)C(=O)N4CCC(Nc5ncc(C(F)(F)F)cn5)CC4)CC3)cc21. The van der Waals surface area contributed by atoms with Gasteiger partial charge in [0, 0.05) is 62.7 Å². The Balaban J connectivity index is 0.892. The van der Waals surface area contributed by atoms with Crippen LogP contribution in [0.4, 0.5) is 34.5 Å². The second-order valence-electron chi connectivity index (χ2n) is 12.8. The van der Waals surface area contributed by atoms with Crippen molar-refractivity contribution < 1.29 is 31.8 Å². The largest absolute Gasteiger partial charge is 0.419 e. The number of likely N-dealkylation sites (tertiary alicyclic amines) is 2. The highest BCUT2D eigenvalue weighted by Gasteiger charge is 2.32. The zero-order valence-corrected chi connectivity index (χ0v) is 28.1. The molecule has 1 aromatic carbocycles. The van der Waals surface area contributed by atoms with Gasteiger partial charge in [0.15, 0.2) is 5.82 Å². The highest BCUT2D eigenvalue weighted by molar-refractivity contribution is 8.00.